The van der Waals surface area contributed by atoms with E-state index < -0.39 is 23.4 Å². The smallest absolute Gasteiger partial charge is 0.291 e. The van der Waals surface area contributed by atoms with Gasteiger partial charge in [0.15, 0.2) is 5.01 Å². The molecule has 0 saturated carbocycles. The Bertz CT molecular complexity index is 428. The number of carbonyl (C=O) groups is 1. The number of nitrogens with zero attached hydrogens (tertiary/aromatic N) is 2. The summed E-state index contributed by atoms with van der Waals surface area (Å²) in [7, 11) is 0. The molecule has 0 radical (unpaired) electrons. The summed E-state index contributed by atoms with van der Waals surface area (Å²) in [6.07, 6.45) is -2.12. The summed E-state index contributed by atoms with van der Waals surface area (Å²) in [5.41, 5.74) is 5.43. The van der Waals surface area contributed by atoms with Crippen molar-refractivity contribution in [3.05, 3.63) is 5.01 Å². The van der Waals surface area contributed by atoms with Crippen molar-refractivity contribution in [2.75, 3.05) is 11.9 Å². The fraction of sp³-hybridized carbons (Fsp3) is 0.667. The van der Waals surface area contributed by atoms with Crippen molar-refractivity contribution in [1.29, 1.82) is 0 Å². The van der Waals surface area contributed by atoms with E-state index in [-0.39, 0.29) is 11.2 Å². The third-order valence-electron chi connectivity index (χ3n) is 2.52. The minimum absolute atomic E-state index is 0.0510. The highest BCUT2D eigenvalue weighted by molar-refractivity contribution is 7.15. The Hall–Kier alpha value is -1.19. The van der Waals surface area contributed by atoms with Gasteiger partial charge in [0.25, 0.3) is 12.3 Å². The van der Waals surface area contributed by atoms with Crippen molar-refractivity contribution in [3.8, 4) is 0 Å². The molecule has 1 aliphatic rings. The SMILES string of the molecule is NC[C@H]1CC[C@@H](C(=O)Nc2nnc(C(F)F)s2)O1. The van der Waals surface area contributed by atoms with Crippen LogP contribution in [0.4, 0.5) is 13.9 Å². The molecule has 2 atom stereocenters. The summed E-state index contributed by atoms with van der Waals surface area (Å²) in [6, 6.07) is 0. The van der Waals surface area contributed by atoms with E-state index in [1.807, 2.05) is 0 Å². The maximum Gasteiger partial charge on any atom is 0.291 e. The van der Waals surface area contributed by atoms with Crippen LogP contribution in [0.5, 0.6) is 0 Å². The highest BCUT2D eigenvalue weighted by Gasteiger charge is 2.30. The molecular formula is C9H12F2N4O2S. The van der Waals surface area contributed by atoms with Crippen LogP contribution >= 0.6 is 11.3 Å². The fourth-order valence-electron chi connectivity index (χ4n) is 1.63. The first kappa shape index (κ1) is 13.2. The number of nitrogens with two attached hydrogens (primary N) is 1. The van der Waals surface area contributed by atoms with E-state index in [1.54, 1.807) is 0 Å². The minimum atomic E-state index is -2.68. The molecule has 100 valence electrons. The summed E-state index contributed by atoms with van der Waals surface area (Å²) in [6.45, 7) is 0.359. The zero-order chi connectivity index (χ0) is 13.1. The van der Waals surface area contributed by atoms with E-state index in [4.69, 9.17) is 10.5 Å². The lowest BCUT2D eigenvalue weighted by atomic mass is 10.2. The molecule has 2 rings (SSSR count). The van der Waals surface area contributed by atoms with Gasteiger partial charge in [-0.2, -0.15) is 0 Å². The largest absolute Gasteiger partial charge is 0.364 e. The minimum Gasteiger partial charge on any atom is -0.364 e. The zero-order valence-corrected chi connectivity index (χ0v) is 10.1. The average Bonchev–Trinajstić information content (AvgIpc) is 2.96. The second-order valence-electron chi connectivity index (χ2n) is 3.80. The van der Waals surface area contributed by atoms with Crippen LogP contribution in [0.2, 0.25) is 0 Å². The van der Waals surface area contributed by atoms with Crippen molar-refractivity contribution in [2.45, 2.75) is 31.5 Å². The third kappa shape index (κ3) is 2.98. The van der Waals surface area contributed by atoms with Crippen LogP contribution in [0.1, 0.15) is 24.3 Å². The maximum absolute atomic E-state index is 12.3. The Balaban J connectivity index is 1.91. The number of carbonyl (C=O) groups excluding carboxylic acids is 1. The summed E-state index contributed by atoms with van der Waals surface area (Å²) >= 11 is 0.650. The normalized spacial score (nSPS) is 23.6. The van der Waals surface area contributed by atoms with Crippen LogP contribution in [0.15, 0.2) is 0 Å². The number of hydrogen-bond acceptors (Lipinski definition) is 6. The summed E-state index contributed by atoms with van der Waals surface area (Å²) in [5.74, 6) is -0.400. The Morgan fingerprint density at radius 2 is 2.33 bits per heavy atom. The number of alkyl halides is 2. The van der Waals surface area contributed by atoms with Gasteiger partial charge in [0, 0.05) is 6.54 Å². The number of rotatable bonds is 4. The van der Waals surface area contributed by atoms with Gasteiger partial charge in [-0.15, -0.1) is 10.2 Å². The molecule has 1 aromatic rings. The molecule has 1 aromatic heterocycles. The van der Waals surface area contributed by atoms with Crippen molar-refractivity contribution >= 4 is 22.4 Å². The number of aromatic nitrogens is 2. The van der Waals surface area contributed by atoms with E-state index in [9.17, 15) is 13.6 Å². The highest BCUT2D eigenvalue weighted by Crippen LogP contribution is 2.26. The topological polar surface area (TPSA) is 90.1 Å². The molecule has 0 bridgehead atoms. The molecule has 6 nitrogen and oxygen atoms in total. The van der Waals surface area contributed by atoms with Crippen LogP contribution in [0.25, 0.3) is 0 Å². The second-order valence-corrected chi connectivity index (χ2v) is 4.80. The Labute approximate surface area is 106 Å². The molecule has 1 saturated heterocycles. The van der Waals surface area contributed by atoms with Gasteiger partial charge in [-0.05, 0) is 12.8 Å². The zero-order valence-electron chi connectivity index (χ0n) is 9.31. The first-order chi connectivity index (χ1) is 8.60. The van der Waals surface area contributed by atoms with Gasteiger partial charge >= 0.3 is 0 Å². The summed E-state index contributed by atoms with van der Waals surface area (Å²) in [4.78, 5) is 11.7. The number of nitrogens with one attached hydrogen (secondary N) is 1. The van der Waals surface area contributed by atoms with Crippen molar-refractivity contribution < 1.29 is 18.3 Å². The lowest BCUT2D eigenvalue weighted by Gasteiger charge is -2.10. The van der Waals surface area contributed by atoms with Gasteiger partial charge in [0.1, 0.15) is 6.10 Å². The first-order valence-corrected chi connectivity index (χ1v) is 6.19. The Morgan fingerprint density at radius 3 is 2.89 bits per heavy atom. The second kappa shape index (κ2) is 5.63. The molecule has 0 aromatic carbocycles. The lowest BCUT2D eigenvalue weighted by Crippen LogP contribution is -2.29. The molecular weight excluding hydrogens is 266 g/mol. The quantitative estimate of drug-likeness (QED) is 0.854. The number of amides is 1. The van der Waals surface area contributed by atoms with Gasteiger partial charge in [-0.1, -0.05) is 11.3 Å². The van der Waals surface area contributed by atoms with Gasteiger partial charge < -0.3 is 10.5 Å². The molecule has 18 heavy (non-hydrogen) atoms. The van der Waals surface area contributed by atoms with E-state index in [0.717, 1.165) is 0 Å². The fourth-order valence-corrected chi connectivity index (χ4v) is 2.23. The number of ether oxygens (including phenoxy) is 1. The monoisotopic (exact) mass is 278 g/mol. The average molecular weight is 278 g/mol. The molecule has 9 heteroatoms. The molecule has 3 N–H and O–H groups in total. The number of halogens is 2. The van der Waals surface area contributed by atoms with E-state index in [0.29, 0.717) is 30.7 Å². The molecule has 1 fully saturated rings. The van der Waals surface area contributed by atoms with E-state index in [2.05, 4.69) is 15.5 Å². The van der Waals surface area contributed by atoms with E-state index in [1.165, 1.54) is 0 Å². The van der Waals surface area contributed by atoms with Crippen LogP contribution in [-0.4, -0.2) is 34.9 Å². The summed E-state index contributed by atoms with van der Waals surface area (Å²) in [5, 5.41) is 8.78. The molecule has 1 aliphatic heterocycles. The van der Waals surface area contributed by atoms with Crippen molar-refractivity contribution in [2.24, 2.45) is 5.73 Å². The number of hydrogen-bond donors (Lipinski definition) is 2. The lowest BCUT2D eigenvalue weighted by molar-refractivity contribution is -0.126. The van der Waals surface area contributed by atoms with Crippen LogP contribution in [-0.2, 0) is 9.53 Å². The Kier molecular flexibility index (Phi) is 4.15. The van der Waals surface area contributed by atoms with Gasteiger partial charge in [-0.25, -0.2) is 8.78 Å². The van der Waals surface area contributed by atoms with Gasteiger partial charge in [-0.3, -0.25) is 10.1 Å². The molecule has 2 heterocycles. The van der Waals surface area contributed by atoms with Crippen molar-refractivity contribution in [3.63, 3.8) is 0 Å². The van der Waals surface area contributed by atoms with Crippen molar-refractivity contribution in [1.82, 2.24) is 10.2 Å². The number of anilines is 1. The molecule has 1 amide bonds. The maximum atomic E-state index is 12.3. The predicted molar refractivity (Wildman–Crippen MR) is 60.4 cm³/mol. The van der Waals surface area contributed by atoms with Crippen LogP contribution < -0.4 is 11.1 Å². The van der Waals surface area contributed by atoms with Gasteiger partial charge in [0.2, 0.25) is 5.13 Å². The molecule has 0 spiro atoms. The standard InChI is InChI=1S/C9H12F2N4O2S/c10-6(11)8-14-15-9(18-8)13-7(16)5-2-1-4(3-12)17-5/h4-6H,1-3,12H2,(H,13,15,16)/t4-,5+/m1/s1. The van der Waals surface area contributed by atoms with E-state index >= 15 is 0 Å². The Morgan fingerprint density at radius 1 is 1.56 bits per heavy atom. The van der Waals surface area contributed by atoms with Gasteiger partial charge in [0.05, 0.1) is 6.10 Å². The predicted octanol–water partition coefficient (Wildman–Crippen LogP) is 0.920. The first-order valence-electron chi connectivity index (χ1n) is 5.38. The highest BCUT2D eigenvalue weighted by atomic mass is 32.1. The van der Waals surface area contributed by atoms with Crippen LogP contribution in [0.3, 0.4) is 0 Å². The third-order valence-corrected chi connectivity index (χ3v) is 3.37. The molecule has 0 unspecified atom stereocenters. The summed E-state index contributed by atoms with van der Waals surface area (Å²) < 4.78 is 29.9. The van der Waals surface area contributed by atoms with Crippen LogP contribution in [0, 0.1) is 0 Å². The molecule has 0 aliphatic carbocycles.